The predicted molar refractivity (Wildman–Crippen MR) is 40.4 cm³/mol. The molecule has 0 saturated carbocycles. The first-order chi connectivity index (χ1) is 4.84. The van der Waals surface area contributed by atoms with Crippen molar-refractivity contribution in [1.82, 2.24) is 4.90 Å². The molecule has 0 amide bonds. The Morgan fingerprint density at radius 1 is 1.80 bits per heavy atom. The summed E-state index contributed by atoms with van der Waals surface area (Å²) in [5.41, 5.74) is 0. The van der Waals surface area contributed by atoms with Crippen LogP contribution < -0.4 is 0 Å². The van der Waals surface area contributed by atoms with E-state index < -0.39 is 0 Å². The minimum absolute atomic E-state index is 0.514. The molecule has 0 radical (unpaired) electrons. The summed E-state index contributed by atoms with van der Waals surface area (Å²) in [7, 11) is 1.99. The van der Waals surface area contributed by atoms with Crippen LogP contribution in [-0.2, 0) is 0 Å². The topological polar surface area (TPSA) is 27.0 Å². The second kappa shape index (κ2) is 3.38. The van der Waals surface area contributed by atoms with E-state index in [0.29, 0.717) is 12.6 Å². The number of hydrogen-bond acceptors (Lipinski definition) is 2. The fourth-order valence-electron chi connectivity index (χ4n) is 1.21. The molecule has 1 unspecified atom stereocenters. The molecule has 54 valence electrons. The average molecular weight is 136 g/mol. The largest absolute Gasteiger partial charge is 0.287 e. The van der Waals surface area contributed by atoms with Crippen LogP contribution in [0.2, 0.25) is 0 Å². The highest BCUT2D eigenvalue weighted by molar-refractivity contribution is 5.02. The van der Waals surface area contributed by atoms with Crippen LogP contribution in [0.3, 0.4) is 0 Å². The maximum absolute atomic E-state index is 8.38. The van der Waals surface area contributed by atoms with E-state index in [1.807, 2.05) is 7.05 Å². The van der Waals surface area contributed by atoms with Gasteiger partial charge < -0.3 is 0 Å². The van der Waals surface area contributed by atoms with Gasteiger partial charge in [-0.3, -0.25) is 4.90 Å². The van der Waals surface area contributed by atoms with Crippen LogP contribution >= 0.6 is 0 Å². The second-order valence-corrected chi connectivity index (χ2v) is 2.65. The molecule has 2 heteroatoms. The SMILES string of the molecule is CN(CC#N)C1C=CCC1. The molecular formula is C8H12N2. The molecule has 0 spiro atoms. The lowest BCUT2D eigenvalue weighted by Crippen LogP contribution is -2.28. The Morgan fingerprint density at radius 3 is 3.10 bits per heavy atom. The van der Waals surface area contributed by atoms with Gasteiger partial charge >= 0.3 is 0 Å². The van der Waals surface area contributed by atoms with E-state index in [0.717, 1.165) is 0 Å². The predicted octanol–water partition coefficient (Wildman–Crippen LogP) is 1.16. The molecule has 0 N–H and O–H groups in total. The number of nitrogens with zero attached hydrogens (tertiary/aromatic N) is 2. The van der Waals surface area contributed by atoms with Gasteiger partial charge in [-0.05, 0) is 19.9 Å². The number of likely N-dealkylation sites (N-methyl/N-ethyl adjacent to an activating group) is 1. The van der Waals surface area contributed by atoms with Crippen LogP contribution in [0, 0.1) is 11.3 Å². The molecule has 0 aliphatic heterocycles. The third-order valence-electron chi connectivity index (χ3n) is 1.87. The van der Waals surface area contributed by atoms with Crippen molar-refractivity contribution >= 4 is 0 Å². The smallest absolute Gasteiger partial charge is 0.0868 e. The van der Waals surface area contributed by atoms with Crippen molar-refractivity contribution in [1.29, 1.82) is 5.26 Å². The van der Waals surface area contributed by atoms with Gasteiger partial charge in [-0.25, -0.2) is 0 Å². The molecule has 0 bridgehead atoms. The van der Waals surface area contributed by atoms with Crippen molar-refractivity contribution in [3.63, 3.8) is 0 Å². The lowest BCUT2D eigenvalue weighted by molar-refractivity contribution is 0.311. The minimum atomic E-state index is 0.514. The van der Waals surface area contributed by atoms with Crippen LogP contribution in [0.4, 0.5) is 0 Å². The lowest BCUT2D eigenvalue weighted by Gasteiger charge is -2.18. The van der Waals surface area contributed by atoms with E-state index in [1.54, 1.807) is 0 Å². The number of allylic oxidation sites excluding steroid dienone is 1. The van der Waals surface area contributed by atoms with Gasteiger partial charge in [0.05, 0.1) is 12.6 Å². The van der Waals surface area contributed by atoms with Gasteiger partial charge in [-0.1, -0.05) is 12.2 Å². The Morgan fingerprint density at radius 2 is 2.60 bits per heavy atom. The van der Waals surface area contributed by atoms with Crippen LogP contribution in [-0.4, -0.2) is 24.5 Å². The van der Waals surface area contributed by atoms with Crippen LogP contribution in [0.5, 0.6) is 0 Å². The summed E-state index contributed by atoms with van der Waals surface area (Å²) < 4.78 is 0. The Labute approximate surface area is 61.8 Å². The Kier molecular flexibility index (Phi) is 2.47. The van der Waals surface area contributed by atoms with Crippen LogP contribution in [0.25, 0.3) is 0 Å². The number of rotatable bonds is 2. The van der Waals surface area contributed by atoms with Gasteiger partial charge in [0.2, 0.25) is 0 Å². The van der Waals surface area contributed by atoms with E-state index in [4.69, 9.17) is 5.26 Å². The zero-order valence-electron chi connectivity index (χ0n) is 6.25. The Balaban J connectivity index is 2.34. The van der Waals surface area contributed by atoms with Gasteiger partial charge in [0.25, 0.3) is 0 Å². The number of nitriles is 1. The Hall–Kier alpha value is -0.810. The zero-order valence-corrected chi connectivity index (χ0v) is 6.25. The molecule has 0 heterocycles. The second-order valence-electron chi connectivity index (χ2n) is 2.65. The maximum atomic E-state index is 8.38. The van der Waals surface area contributed by atoms with E-state index >= 15 is 0 Å². The van der Waals surface area contributed by atoms with Crippen molar-refractivity contribution in [2.24, 2.45) is 0 Å². The van der Waals surface area contributed by atoms with Gasteiger partial charge in [0.15, 0.2) is 0 Å². The highest BCUT2D eigenvalue weighted by Gasteiger charge is 2.13. The molecule has 0 aromatic heterocycles. The van der Waals surface area contributed by atoms with Gasteiger partial charge in [-0.2, -0.15) is 5.26 Å². The third kappa shape index (κ3) is 1.58. The first kappa shape index (κ1) is 7.30. The normalized spacial score (nSPS) is 23.5. The van der Waals surface area contributed by atoms with Gasteiger partial charge in [0, 0.05) is 6.04 Å². The fraction of sp³-hybridized carbons (Fsp3) is 0.625. The summed E-state index contributed by atoms with van der Waals surface area (Å²) in [4.78, 5) is 2.07. The van der Waals surface area contributed by atoms with Crippen LogP contribution in [0.15, 0.2) is 12.2 Å². The van der Waals surface area contributed by atoms with Crippen molar-refractivity contribution < 1.29 is 0 Å². The van der Waals surface area contributed by atoms with Crippen molar-refractivity contribution in [2.45, 2.75) is 18.9 Å². The molecule has 2 nitrogen and oxygen atoms in total. The summed E-state index contributed by atoms with van der Waals surface area (Å²) in [6, 6.07) is 2.65. The molecule has 0 aromatic carbocycles. The summed E-state index contributed by atoms with van der Waals surface area (Å²) >= 11 is 0. The first-order valence-electron chi connectivity index (χ1n) is 3.58. The summed E-state index contributed by atoms with van der Waals surface area (Å²) in [6.45, 7) is 0.537. The van der Waals surface area contributed by atoms with Crippen molar-refractivity contribution in [3.05, 3.63) is 12.2 Å². The van der Waals surface area contributed by atoms with Crippen molar-refractivity contribution in [3.8, 4) is 6.07 Å². The van der Waals surface area contributed by atoms with Gasteiger partial charge in [-0.15, -0.1) is 0 Å². The first-order valence-corrected chi connectivity index (χ1v) is 3.58. The summed E-state index contributed by atoms with van der Waals surface area (Å²) in [5.74, 6) is 0. The van der Waals surface area contributed by atoms with E-state index in [9.17, 15) is 0 Å². The van der Waals surface area contributed by atoms with Gasteiger partial charge in [0.1, 0.15) is 0 Å². The molecule has 0 saturated heterocycles. The summed E-state index contributed by atoms with van der Waals surface area (Å²) in [5, 5.41) is 8.38. The zero-order chi connectivity index (χ0) is 7.40. The van der Waals surface area contributed by atoms with Crippen LogP contribution in [0.1, 0.15) is 12.8 Å². The highest BCUT2D eigenvalue weighted by Crippen LogP contribution is 2.13. The molecule has 1 atom stereocenters. The molecule has 10 heavy (non-hydrogen) atoms. The minimum Gasteiger partial charge on any atom is -0.287 e. The highest BCUT2D eigenvalue weighted by atomic mass is 15.1. The van der Waals surface area contributed by atoms with Crippen molar-refractivity contribution in [2.75, 3.05) is 13.6 Å². The van der Waals surface area contributed by atoms with E-state index in [-0.39, 0.29) is 0 Å². The number of hydrogen-bond donors (Lipinski definition) is 0. The quantitative estimate of drug-likeness (QED) is 0.420. The molecule has 1 aliphatic rings. The lowest BCUT2D eigenvalue weighted by atomic mass is 10.2. The molecule has 0 aromatic rings. The molecular weight excluding hydrogens is 124 g/mol. The molecule has 1 aliphatic carbocycles. The Bertz CT molecular complexity index is 167. The molecule has 1 rings (SSSR count). The standard InChI is InChI=1S/C8H12N2/c1-10(7-6-9)8-4-2-3-5-8/h2,4,8H,3,5,7H2,1H3. The fourth-order valence-corrected chi connectivity index (χ4v) is 1.21. The maximum Gasteiger partial charge on any atom is 0.0868 e. The molecule has 0 fully saturated rings. The third-order valence-corrected chi connectivity index (χ3v) is 1.87. The van der Waals surface area contributed by atoms with E-state index in [2.05, 4.69) is 23.1 Å². The van der Waals surface area contributed by atoms with E-state index in [1.165, 1.54) is 12.8 Å². The summed E-state index contributed by atoms with van der Waals surface area (Å²) in [6.07, 6.45) is 6.70. The monoisotopic (exact) mass is 136 g/mol. The average Bonchev–Trinajstić information content (AvgIpc) is 2.38.